The van der Waals surface area contributed by atoms with Gasteiger partial charge in [0.1, 0.15) is 11.6 Å². The molecular weight excluding hydrogens is 428 g/mol. The fourth-order valence-electron chi connectivity index (χ4n) is 2.93. The summed E-state index contributed by atoms with van der Waals surface area (Å²) in [6, 6.07) is 6.94. The number of hydrogen-bond donors (Lipinski definition) is 1. The molecule has 0 aliphatic carbocycles. The van der Waals surface area contributed by atoms with Gasteiger partial charge in [-0.3, -0.25) is 0 Å². The maximum atomic E-state index is 11.9. The van der Waals surface area contributed by atoms with E-state index in [1.165, 1.54) is 14.2 Å². The SMILES string of the molecule is CCc1c(C#N)c(OS(C)(=O)=O)nc(COCc2ccc(OC)c(OC)c2)c1C(=O)O. The molecule has 0 spiro atoms. The summed E-state index contributed by atoms with van der Waals surface area (Å²) in [6.45, 7) is 1.47. The molecule has 0 radical (unpaired) electrons. The van der Waals surface area contributed by atoms with E-state index in [9.17, 15) is 23.6 Å². The van der Waals surface area contributed by atoms with Crippen molar-refractivity contribution in [3.8, 4) is 23.4 Å². The quantitative estimate of drug-likeness (QED) is 0.535. The number of benzene rings is 1. The molecule has 0 aliphatic heterocycles. The van der Waals surface area contributed by atoms with Crippen LogP contribution in [0, 0.1) is 11.3 Å². The van der Waals surface area contributed by atoms with Crippen LogP contribution in [0.4, 0.5) is 0 Å². The van der Waals surface area contributed by atoms with Gasteiger partial charge in [0.2, 0.25) is 0 Å². The summed E-state index contributed by atoms with van der Waals surface area (Å²) < 4.78 is 44.0. The number of carboxylic acid groups (broad SMARTS) is 1. The summed E-state index contributed by atoms with van der Waals surface area (Å²) >= 11 is 0. The molecule has 0 saturated carbocycles. The number of hydrogen-bond acceptors (Lipinski definition) is 9. The lowest BCUT2D eigenvalue weighted by Crippen LogP contribution is -2.16. The lowest BCUT2D eigenvalue weighted by atomic mass is 9.99. The van der Waals surface area contributed by atoms with E-state index in [2.05, 4.69) is 4.98 Å². The number of carboxylic acids is 1. The van der Waals surface area contributed by atoms with Gasteiger partial charge in [-0.25, -0.2) is 9.78 Å². The standard InChI is InChI=1S/C20H22N2O8S/c1-5-13-14(9-21)19(30-31(4,25)26)22-15(18(13)20(23)24)11-29-10-12-6-7-16(27-2)17(8-12)28-3/h6-8H,5,10-11H2,1-4H3,(H,23,24). The average molecular weight is 450 g/mol. The van der Waals surface area contributed by atoms with Gasteiger partial charge < -0.3 is 23.5 Å². The zero-order chi connectivity index (χ0) is 23.2. The Hall–Kier alpha value is -3.36. The van der Waals surface area contributed by atoms with Gasteiger partial charge in [-0.2, -0.15) is 13.7 Å². The van der Waals surface area contributed by atoms with Crippen molar-refractivity contribution in [2.24, 2.45) is 0 Å². The minimum atomic E-state index is -3.99. The first-order chi connectivity index (χ1) is 14.6. The number of rotatable bonds is 10. The van der Waals surface area contributed by atoms with Crippen LogP contribution >= 0.6 is 0 Å². The van der Waals surface area contributed by atoms with E-state index in [0.717, 1.165) is 11.8 Å². The highest BCUT2D eigenvalue weighted by Gasteiger charge is 2.26. The van der Waals surface area contributed by atoms with Crippen molar-refractivity contribution < 1.29 is 36.7 Å². The van der Waals surface area contributed by atoms with Crippen LogP contribution in [-0.4, -0.2) is 45.0 Å². The summed E-state index contributed by atoms with van der Waals surface area (Å²) in [5, 5.41) is 19.1. The normalized spacial score (nSPS) is 10.9. The Morgan fingerprint density at radius 1 is 1.19 bits per heavy atom. The van der Waals surface area contributed by atoms with Gasteiger partial charge in [0.05, 0.1) is 44.9 Å². The van der Waals surface area contributed by atoms with E-state index in [-0.39, 0.29) is 42.0 Å². The zero-order valence-electron chi connectivity index (χ0n) is 17.5. The Labute approximate surface area is 180 Å². The van der Waals surface area contributed by atoms with Crippen molar-refractivity contribution >= 4 is 16.1 Å². The van der Waals surface area contributed by atoms with Crippen LogP contribution in [0.2, 0.25) is 0 Å². The topological polar surface area (TPSA) is 145 Å². The molecule has 1 aromatic carbocycles. The van der Waals surface area contributed by atoms with Crippen molar-refractivity contribution in [2.45, 2.75) is 26.6 Å². The molecule has 0 saturated heterocycles. The minimum Gasteiger partial charge on any atom is -0.493 e. The molecule has 1 aromatic heterocycles. The zero-order valence-corrected chi connectivity index (χ0v) is 18.3. The molecule has 11 heteroatoms. The predicted molar refractivity (Wildman–Crippen MR) is 109 cm³/mol. The van der Waals surface area contributed by atoms with Gasteiger partial charge in [-0.15, -0.1) is 0 Å². The van der Waals surface area contributed by atoms with Gasteiger partial charge in [0.15, 0.2) is 11.5 Å². The predicted octanol–water partition coefficient (Wildman–Crippen LogP) is 2.29. The van der Waals surface area contributed by atoms with E-state index >= 15 is 0 Å². The monoisotopic (exact) mass is 450 g/mol. The van der Waals surface area contributed by atoms with Crippen LogP contribution in [0.5, 0.6) is 17.4 Å². The van der Waals surface area contributed by atoms with Crippen LogP contribution in [0.3, 0.4) is 0 Å². The Bertz CT molecular complexity index is 1120. The van der Waals surface area contributed by atoms with E-state index in [0.29, 0.717) is 11.5 Å². The molecule has 0 amide bonds. The van der Waals surface area contributed by atoms with Crippen molar-refractivity contribution in [3.63, 3.8) is 0 Å². The molecule has 2 rings (SSSR count). The second kappa shape index (κ2) is 10.1. The Morgan fingerprint density at radius 2 is 1.87 bits per heavy atom. The van der Waals surface area contributed by atoms with E-state index in [4.69, 9.17) is 18.4 Å². The first-order valence-electron chi connectivity index (χ1n) is 9.02. The number of nitriles is 1. The number of ether oxygens (including phenoxy) is 3. The molecule has 0 atom stereocenters. The minimum absolute atomic E-state index is 0.0533. The summed E-state index contributed by atoms with van der Waals surface area (Å²) in [4.78, 5) is 15.8. The number of aromatic nitrogens is 1. The average Bonchev–Trinajstić information content (AvgIpc) is 2.71. The highest BCUT2D eigenvalue weighted by molar-refractivity contribution is 7.86. The molecule has 0 unspecified atom stereocenters. The number of methoxy groups -OCH3 is 2. The lowest BCUT2D eigenvalue weighted by Gasteiger charge is -2.15. The lowest BCUT2D eigenvalue weighted by molar-refractivity contribution is 0.0680. The molecule has 1 heterocycles. The van der Waals surface area contributed by atoms with Gasteiger partial charge >= 0.3 is 16.1 Å². The smallest absolute Gasteiger partial charge is 0.337 e. The van der Waals surface area contributed by atoms with Crippen molar-refractivity contribution in [2.75, 3.05) is 20.5 Å². The Morgan fingerprint density at radius 3 is 2.39 bits per heavy atom. The fourth-order valence-corrected chi connectivity index (χ4v) is 3.34. The molecule has 1 N–H and O–H groups in total. The summed E-state index contributed by atoms with van der Waals surface area (Å²) in [5.74, 6) is -0.736. The maximum Gasteiger partial charge on any atom is 0.337 e. The van der Waals surface area contributed by atoms with Crippen molar-refractivity contribution in [1.82, 2.24) is 4.98 Å². The molecule has 0 aliphatic rings. The highest BCUT2D eigenvalue weighted by Crippen LogP contribution is 2.29. The third kappa shape index (κ3) is 5.84. The van der Waals surface area contributed by atoms with Crippen LogP contribution in [0.15, 0.2) is 18.2 Å². The second-order valence-electron chi connectivity index (χ2n) is 6.33. The number of aromatic carboxylic acids is 1. The highest BCUT2D eigenvalue weighted by atomic mass is 32.2. The molecular formula is C20H22N2O8S. The van der Waals surface area contributed by atoms with Crippen LogP contribution in [0.25, 0.3) is 0 Å². The van der Waals surface area contributed by atoms with Crippen molar-refractivity contribution in [1.29, 1.82) is 5.26 Å². The molecule has 31 heavy (non-hydrogen) atoms. The first kappa shape index (κ1) is 23.9. The number of nitrogens with zero attached hydrogens (tertiary/aromatic N) is 2. The largest absolute Gasteiger partial charge is 0.493 e. The maximum absolute atomic E-state index is 11.9. The van der Waals surface area contributed by atoms with Gasteiger partial charge in [-0.1, -0.05) is 13.0 Å². The van der Waals surface area contributed by atoms with E-state index < -0.39 is 22.0 Å². The van der Waals surface area contributed by atoms with E-state index in [1.807, 2.05) is 0 Å². The fraction of sp³-hybridized carbons (Fsp3) is 0.350. The number of pyridine rings is 1. The summed E-state index contributed by atoms with van der Waals surface area (Å²) in [5.41, 5.74) is 0.337. The van der Waals surface area contributed by atoms with Crippen LogP contribution in [0.1, 0.15) is 39.7 Å². The third-order valence-electron chi connectivity index (χ3n) is 4.21. The van der Waals surface area contributed by atoms with Crippen LogP contribution < -0.4 is 13.7 Å². The third-order valence-corrected chi connectivity index (χ3v) is 4.67. The van der Waals surface area contributed by atoms with Gasteiger partial charge in [0.25, 0.3) is 5.88 Å². The van der Waals surface area contributed by atoms with Crippen molar-refractivity contribution in [3.05, 3.63) is 46.1 Å². The van der Waals surface area contributed by atoms with Gasteiger partial charge in [0, 0.05) is 0 Å². The Kier molecular flexibility index (Phi) is 7.79. The molecule has 0 bridgehead atoms. The number of carbonyl (C=O) groups is 1. The molecule has 2 aromatic rings. The second-order valence-corrected chi connectivity index (χ2v) is 7.91. The summed E-state index contributed by atoms with van der Waals surface area (Å²) in [6.07, 6.45) is 0.954. The first-order valence-corrected chi connectivity index (χ1v) is 10.8. The molecule has 0 fully saturated rings. The van der Waals surface area contributed by atoms with E-state index in [1.54, 1.807) is 31.2 Å². The van der Waals surface area contributed by atoms with Gasteiger partial charge in [-0.05, 0) is 29.7 Å². The molecule has 166 valence electrons. The summed E-state index contributed by atoms with van der Waals surface area (Å²) in [7, 11) is -0.979. The van der Waals surface area contributed by atoms with Crippen LogP contribution in [-0.2, 0) is 34.5 Å². The molecule has 10 nitrogen and oxygen atoms in total. The Balaban J connectivity index is 2.39.